The fraction of sp³-hybridized carbons (Fsp3) is 0.316. The molecular weight excluding hydrogens is 364 g/mol. The Morgan fingerprint density at radius 1 is 1.25 bits per heavy atom. The van der Waals surface area contributed by atoms with E-state index in [0.717, 1.165) is 42.1 Å². The number of aliphatic imine (C=N–C) groups is 1. The molecular formula is C19H21BrN4. The summed E-state index contributed by atoms with van der Waals surface area (Å²) in [7, 11) is 4.16. The van der Waals surface area contributed by atoms with Gasteiger partial charge >= 0.3 is 0 Å². The first-order valence-corrected chi connectivity index (χ1v) is 9.08. The third-order valence-corrected chi connectivity index (χ3v) is 5.06. The van der Waals surface area contributed by atoms with Crippen LogP contribution in [-0.4, -0.2) is 44.5 Å². The molecule has 2 aliphatic heterocycles. The molecule has 0 unspecified atom stereocenters. The van der Waals surface area contributed by atoms with Crippen LogP contribution in [0, 0.1) is 0 Å². The molecule has 0 amide bonds. The molecule has 2 aromatic carbocycles. The quantitative estimate of drug-likeness (QED) is 0.870. The Hall–Kier alpha value is -1.85. The first-order chi connectivity index (χ1) is 11.6. The molecule has 0 saturated heterocycles. The SMILES string of the molecule is CN(C)CCN=C1Nc2cc(Br)ccc2N2CCc3cccc1c32. The first-order valence-electron chi connectivity index (χ1n) is 8.29. The number of halogens is 1. The van der Waals surface area contributed by atoms with Crippen molar-refractivity contribution < 1.29 is 0 Å². The largest absolute Gasteiger partial charge is 0.339 e. The summed E-state index contributed by atoms with van der Waals surface area (Å²) in [6, 6.07) is 13.0. The lowest BCUT2D eigenvalue weighted by Gasteiger charge is -2.20. The van der Waals surface area contributed by atoms with Gasteiger partial charge in [-0.3, -0.25) is 4.99 Å². The number of nitrogens with one attached hydrogen (secondary N) is 1. The van der Waals surface area contributed by atoms with Crippen LogP contribution < -0.4 is 10.2 Å². The number of para-hydroxylation sites is 1. The third-order valence-electron chi connectivity index (χ3n) is 4.57. The molecule has 4 rings (SSSR count). The van der Waals surface area contributed by atoms with E-state index in [4.69, 9.17) is 4.99 Å². The highest BCUT2D eigenvalue weighted by molar-refractivity contribution is 9.10. The molecule has 2 heterocycles. The van der Waals surface area contributed by atoms with Gasteiger partial charge in [-0.25, -0.2) is 0 Å². The zero-order valence-electron chi connectivity index (χ0n) is 14.0. The van der Waals surface area contributed by atoms with Crippen molar-refractivity contribution in [2.75, 3.05) is 43.9 Å². The fourth-order valence-electron chi connectivity index (χ4n) is 3.41. The first kappa shape index (κ1) is 15.7. The van der Waals surface area contributed by atoms with Crippen molar-refractivity contribution in [2.45, 2.75) is 6.42 Å². The summed E-state index contributed by atoms with van der Waals surface area (Å²) in [5, 5.41) is 3.58. The Kier molecular flexibility index (Phi) is 4.06. The van der Waals surface area contributed by atoms with Crippen LogP contribution >= 0.6 is 15.9 Å². The summed E-state index contributed by atoms with van der Waals surface area (Å²) in [6.07, 6.45) is 1.09. The molecule has 5 heteroatoms. The number of rotatable bonds is 3. The lowest BCUT2D eigenvalue weighted by Crippen LogP contribution is -2.19. The zero-order chi connectivity index (χ0) is 16.7. The van der Waals surface area contributed by atoms with E-state index in [1.165, 1.54) is 22.5 Å². The van der Waals surface area contributed by atoms with Crippen molar-refractivity contribution in [3.8, 4) is 0 Å². The molecule has 0 atom stereocenters. The number of fused-ring (bicyclic) bond motifs is 2. The lowest BCUT2D eigenvalue weighted by molar-refractivity contribution is 0.420. The standard InChI is InChI=1S/C19H21BrN4/c1-23(2)11-9-21-19-15-5-3-4-13-8-10-24(18(13)15)17-7-6-14(20)12-16(17)22-19/h3-7,12H,8-11H2,1-2H3,(H,21,22). The van der Waals surface area contributed by atoms with Crippen LogP contribution in [0.1, 0.15) is 11.1 Å². The summed E-state index contributed by atoms with van der Waals surface area (Å²) < 4.78 is 1.08. The van der Waals surface area contributed by atoms with Gasteiger partial charge in [0.1, 0.15) is 5.84 Å². The van der Waals surface area contributed by atoms with Crippen molar-refractivity contribution in [1.82, 2.24) is 4.90 Å². The van der Waals surface area contributed by atoms with E-state index < -0.39 is 0 Å². The molecule has 0 fully saturated rings. The molecule has 0 saturated carbocycles. The molecule has 4 nitrogen and oxygen atoms in total. The molecule has 1 N–H and O–H groups in total. The Bertz CT molecular complexity index is 813. The maximum atomic E-state index is 4.88. The summed E-state index contributed by atoms with van der Waals surface area (Å²) >= 11 is 3.59. The predicted molar refractivity (Wildman–Crippen MR) is 105 cm³/mol. The number of anilines is 3. The predicted octanol–water partition coefficient (Wildman–Crippen LogP) is 3.88. The van der Waals surface area contributed by atoms with Crippen LogP contribution in [0.4, 0.5) is 17.1 Å². The summed E-state index contributed by atoms with van der Waals surface area (Å²) in [6.45, 7) is 2.74. The second-order valence-corrected chi connectivity index (χ2v) is 7.45. The summed E-state index contributed by atoms with van der Waals surface area (Å²) in [5.74, 6) is 0.970. The van der Waals surface area contributed by atoms with Gasteiger partial charge in [0.25, 0.3) is 0 Å². The smallest absolute Gasteiger partial charge is 0.134 e. The molecule has 0 aromatic heterocycles. The highest BCUT2D eigenvalue weighted by atomic mass is 79.9. The van der Waals surface area contributed by atoms with Gasteiger partial charge < -0.3 is 15.1 Å². The topological polar surface area (TPSA) is 30.9 Å². The summed E-state index contributed by atoms with van der Waals surface area (Å²) in [5.41, 5.74) is 6.26. The average molecular weight is 385 g/mol. The van der Waals surface area contributed by atoms with E-state index in [0.29, 0.717) is 0 Å². The van der Waals surface area contributed by atoms with Gasteiger partial charge in [-0.15, -0.1) is 0 Å². The monoisotopic (exact) mass is 384 g/mol. The molecule has 2 aromatic rings. The molecule has 0 bridgehead atoms. The average Bonchev–Trinajstić information content (AvgIpc) is 2.92. The highest BCUT2D eigenvalue weighted by Gasteiger charge is 2.30. The van der Waals surface area contributed by atoms with Gasteiger partial charge in [-0.2, -0.15) is 0 Å². The van der Waals surface area contributed by atoms with Crippen molar-refractivity contribution in [3.63, 3.8) is 0 Å². The van der Waals surface area contributed by atoms with Crippen LogP contribution in [-0.2, 0) is 6.42 Å². The van der Waals surface area contributed by atoms with Crippen LogP contribution in [0.15, 0.2) is 45.9 Å². The van der Waals surface area contributed by atoms with Crippen LogP contribution in [0.3, 0.4) is 0 Å². The molecule has 0 spiro atoms. The van der Waals surface area contributed by atoms with E-state index in [9.17, 15) is 0 Å². The minimum Gasteiger partial charge on any atom is -0.339 e. The molecule has 2 aliphatic rings. The number of benzene rings is 2. The second-order valence-electron chi connectivity index (χ2n) is 6.54. The minimum absolute atomic E-state index is 0.780. The van der Waals surface area contributed by atoms with Gasteiger partial charge in [0.15, 0.2) is 0 Å². The van der Waals surface area contributed by atoms with E-state index >= 15 is 0 Å². The van der Waals surface area contributed by atoms with Gasteiger partial charge in [0.2, 0.25) is 0 Å². The Morgan fingerprint density at radius 2 is 2.12 bits per heavy atom. The Labute approximate surface area is 151 Å². The molecule has 24 heavy (non-hydrogen) atoms. The highest BCUT2D eigenvalue weighted by Crippen LogP contribution is 2.44. The molecule has 0 radical (unpaired) electrons. The normalized spacial score (nSPS) is 16.8. The number of hydrogen-bond donors (Lipinski definition) is 1. The Balaban J connectivity index is 1.84. The van der Waals surface area contributed by atoms with Gasteiger partial charge in [-0.05, 0) is 50.3 Å². The van der Waals surface area contributed by atoms with Crippen LogP contribution in [0.25, 0.3) is 0 Å². The van der Waals surface area contributed by atoms with Crippen LogP contribution in [0.5, 0.6) is 0 Å². The van der Waals surface area contributed by atoms with Crippen molar-refractivity contribution in [1.29, 1.82) is 0 Å². The van der Waals surface area contributed by atoms with Gasteiger partial charge in [-0.1, -0.05) is 28.1 Å². The number of nitrogens with zero attached hydrogens (tertiary/aromatic N) is 3. The number of amidine groups is 1. The molecule has 124 valence electrons. The van der Waals surface area contributed by atoms with Crippen LogP contribution in [0.2, 0.25) is 0 Å². The number of hydrogen-bond acceptors (Lipinski definition) is 3. The molecule has 0 aliphatic carbocycles. The van der Waals surface area contributed by atoms with Gasteiger partial charge in [0.05, 0.1) is 23.6 Å². The van der Waals surface area contributed by atoms with Crippen molar-refractivity contribution >= 4 is 38.8 Å². The maximum Gasteiger partial charge on any atom is 0.134 e. The minimum atomic E-state index is 0.780. The lowest BCUT2D eigenvalue weighted by atomic mass is 10.1. The third kappa shape index (κ3) is 2.72. The Morgan fingerprint density at radius 3 is 2.96 bits per heavy atom. The van der Waals surface area contributed by atoms with Crippen molar-refractivity contribution in [2.24, 2.45) is 4.99 Å². The second kappa shape index (κ2) is 6.22. The number of likely N-dealkylation sites (N-methyl/N-ethyl adjacent to an activating group) is 1. The van der Waals surface area contributed by atoms with E-state index in [-0.39, 0.29) is 0 Å². The fourth-order valence-corrected chi connectivity index (χ4v) is 3.77. The van der Waals surface area contributed by atoms with E-state index in [2.05, 4.69) is 81.5 Å². The van der Waals surface area contributed by atoms with Gasteiger partial charge in [0, 0.05) is 23.1 Å². The van der Waals surface area contributed by atoms with E-state index in [1.54, 1.807) is 0 Å². The maximum absolute atomic E-state index is 4.88. The summed E-state index contributed by atoms with van der Waals surface area (Å²) in [4.78, 5) is 9.46. The van der Waals surface area contributed by atoms with Crippen molar-refractivity contribution in [3.05, 3.63) is 52.0 Å². The zero-order valence-corrected chi connectivity index (χ0v) is 15.6. The van der Waals surface area contributed by atoms with E-state index in [1.807, 2.05) is 0 Å².